The highest BCUT2D eigenvalue weighted by molar-refractivity contribution is 9.09. The van der Waals surface area contributed by atoms with E-state index in [4.69, 9.17) is 9.47 Å². The minimum atomic E-state index is -0.331. The molecule has 1 aromatic rings. The van der Waals surface area contributed by atoms with Crippen molar-refractivity contribution in [3.63, 3.8) is 0 Å². The number of unbranched alkanes of at least 4 members (excludes halogenated alkanes) is 1. The van der Waals surface area contributed by atoms with Crippen molar-refractivity contribution in [2.45, 2.75) is 19.8 Å². The van der Waals surface area contributed by atoms with Gasteiger partial charge in [-0.05, 0) is 30.2 Å². The molecule has 0 aliphatic rings. The quantitative estimate of drug-likeness (QED) is 0.315. The second kappa shape index (κ2) is 9.62. The number of halogens is 1. The molecule has 0 radical (unpaired) electrons. The molecule has 0 bridgehead atoms. The number of hydrogen-bond acceptors (Lipinski definition) is 3. The van der Waals surface area contributed by atoms with Crippen LogP contribution in [0.1, 0.15) is 25.3 Å². The molecule has 0 N–H and O–H groups in total. The Morgan fingerprint density at radius 1 is 1.26 bits per heavy atom. The van der Waals surface area contributed by atoms with Crippen LogP contribution >= 0.6 is 15.9 Å². The van der Waals surface area contributed by atoms with E-state index in [1.165, 1.54) is 6.08 Å². The second-order valence-corrected chi connectivity index (χ2v) is 4.75. The molecule has 0 atom stereocenters. The zero-order valence-electron chi connectivity index (χ0n) is 11.1. The predicted octanol–water partition coefficient (Wildman–Crippen LogP) is 3.82. The summed E-state index contributed by atoms with van der Waals surface area (Å²) in [5.41, 5.74) is 0.943. The smallest absolute Gasteiger partial charge is 0.330 e. The van der Waals surface area contributed by atoms with Crippen molar-refractivity contribution in [2.24, 2.45) is 0 Å². The molecule has 0 amide bonds. The number of hydrogen-bond donors (Lipinski definition) is 0. The topological polar surface area (TPSA) is 35.5 Å². The molecule has 1 rings (SSSR count). The van der Waals surface area contributed by atoms with E-state index >= 15 is 0 Å². The highest BCUT2D eigenvalue weighted by Gasteiger charge is 1.96. The Labute approximate surface area is 122 Å². The van der Waals surface area contributed by atoms with Gasteiger partial charge in [-0.1, -0.05) is 41.4 Å². The molecule has 0 spiro atoms. The summed E-state index contributed by atoms with van der Waals surface area (Å²) >= 11 is 3.19. The van der Waals surface area contributed by atoms with Gasteiger partial charge in [0.25, 0.3) is 0 Å². The molecular formula is C15H19BrO3. The van der Waals surface area contributed by atoms with E-state index < -0.39 is 0 Å². The first-order chi connectivity index (χ1) is 9.26. The Balaban J connectivity index is 2.43. The fraction of sp³-hybridized carbons (Fsp3) is 0.400. The fourth-order valence-corrected chi connectivity index (χ4v) is 1.52. The molecule has 1 aromatic carbocycles. The number of benzene rings is 1. The first-order valence-corrected chi connectivity index (χ1v) is 7.52. The third-order valence-corrected chi connectivity index (χ3v) is 2.70. The minimum Gasteiger partial charge on any atom is -0.494 e. The van der Waals surface area contributed by atoms with E-state index in [-0.39, 0.29) is 5.97 Å². The first-order valence-electron chi connectivity index (χ1n) is 6.40. The lowest BCUT2D eigenvalue weighted by Crippen LogP contribution is -2.02. The normalized spacial score (nSPS) is 10.6. The number of carbonyl (C=O) groups excluding carboxylic acids is 1. The lowest BCUT2D eigenvalue weighted by Gasteiger charge is -2.05. The van der Waals surface area contributed by atoms with Gasteiger partial charge in [-0.2, -0.15) is 0 Å². The van der Waals surface area contributed by atoms with Gasteiger partial charge in [-0.15, -0.1) is 0 Å². The van der Waals surface area contributed by atoms with Crippen LogP contribution in [0.25, 0.3) is 6.08 Å². The van der Waals surface area contributed by atoms with Crippen LogP contribution in [0.3, 0.4) is 0 Å². The molecule has 0 aromatic heterocycles. The Kier molecular flexibility index (Phi) is 7.98. The van der Waals surface area contributed by atoms with Gasteiger partial charge in [-0.25, -0.2) is 4.79 Å². The monoisotopic (exact) mass is 326 g/mol. The predicted molar refractivity (Wildman–Crippen MR) is 80.6 cm³/mol. The van der Waals surface area contributed by atoms with Gasteiger partial charge in [-0.3, -0.25) is 0 Å². The Hall–Kier alpha value is -1.29. The summed E-state index contributed by atoms with van der Waals surface area (Å²) in [7, 11) is 0. The summed E-state index contributed by atoms with van der Waals surface area (Å²) in [4.78, 5) is 11.3. The maximum Gasteiger partial charge on any atom is 0.330 e. The number of alkyl halides is 1. The maximum absolute atomic E-state index is 11.3. The van der Waals surface area contributed by atoms with E-state index in [1.54, 1.807) is 6.08 Å². The fourth-order valence-electron chi connectivity index (χ4n) is 1.36. The van der Waals surface area contributed by atoms with Crippen molar-refractivity contribution in [1.29, 1.82) is 0 Å². The molecule has 0 heterocycles. The van der Waals surface area contributed by atoms with E-state index in [1.807, 2.05) is 24.3 Å². The maximum atomic E-state index is 11.3. The van der Waals surface area contributed by atoms with Crippen LogP contribution in [-0.4, -0.2) is 24.5 Å². The second-order valence-electron chi connectivity index (χ2n) is 3.96. The number of ether oxygens (including phenoxy) is 2. The van der Waals surface area contributed by atoms with Crippen molar-refractivity contribution in [2.75, 3.05) is 18.5 Å². The number of esters is 1. The average Bonchev–Trinajstić information content (AvgIpc) is 2.44. The van der Waals surface area contributed by atoms with Gasteiger partial charge in [0.05, 0.1) is 6.61 Å². The van der Waals surface area contributed by atoms with Gasteiger partial charge in [0.2, 0.25) is 0 Å². The molecule has 0 aliphatic carbocycles. The zero-order valence-corrected chi connectivity index (χ0v) is 12.7. The summed E-state index contributed by atoms with van der Waals surface area (Å²) in [6.07, 6.45) is 5.33. The van der Waals surface area contributed by atoms with Gasteiger partial charge in [0.1, 0.15) is 12.4 Å². The van der Waals surface area contributed by atoms with E-state index in [9.17, 15) is 4.79 Å². The first kappa shape index (κ1) is 15.8. The van der Waals surface area contributed by atoms with Crippen molar-refractivity contribution < 1.29 is 14.3 Å². The van der Waals surface area contributed by atoms with Crippen molar-refractivity contribution in [1.82, 2.24) is 0 Å². The minimum absolute atomic E-state index is 0.331. The molecule has 0 saturated heterocycles. The van der Waals surface area contributed by atoms with Crippen molar-refractivity contribution in [3.05, 3.63) is 35.9 Å². The summed E-state index contributed by atoms with van der Waals surface area (Å²) < 4.78 is 10.5. The molecular weight excluding hydrogens is 308 g/mol. The highest BCUT2D eigenvalue weighted by Crippen LogP contribution is 2.13. The van der Waals surface area contributed by atoms with Crippen molar-refractivity contribution in [3.8, 4) is 5.75 Å². The van der Waals surface area contributed by atoms with Gasteiger partial charge >= 0.3 is 5.97 Å². The Bertz CT molecular complexity index is 398. The van der Waals surface area contributed by atoms with Crippen LogP contribution in [0.15, 0.2) is 30.3 Å². The summed E-state index contributed by atoms with van der Waals surface area (Å²) in [5, 5.41) is 0.649. The molecule has 3 nitrogen and oxygen atoms in total. The largest absolute Gasteiger partial charge is 0.494 e. The van der Waals surface area contributed by atoms with E-state index in [0.29, 0.717) is 11.9 Å². The van der Waals surface area contributed by atoms with Crippen LogP contribution in [-0.2, 0) is 9.53 Å². The third-order valence-electron chi connectivity index (χ3n) is 2.38. The van der Waals surface area contributed by atoms with E-state index in [0.717, 1.165) is 30.8 Å². The van der Waals surface area contributed by atoms with Gasteiger partial charge in [0.15, 0.2) is 0 Å². The lowest BCUT2D eigenvalue weighted by molar-refractivity contribution is -0.137. The van der Waals surface area contributed by atoms with Crippen LogP contribution in [0.2, 0.25) is 0 Å². The molecule has 0 saturated carbocycles. The molecule has 19 heavy (non-hydrogen) atoms. The summed E-state index contributed by atoms with van der Waals surface area (Å²) in [6, 6.07) is 7.63. The summed E-state index contributed by atoms with van der Waals surface area (Å²) in [5.74, 6) is 0.523. The SMILES string of the molecule is CCCCOc1ccc(/C=C/C(=O)OCCBr)cc1. The van der Waals surface area contributed by atoms with Crippen LogP contribution in [0.5, 0.6) is 5.75 Å². The van der Waals surface area contributed by atoms with Gasteiger partial charge < -0.3 is 9.47 Å². The Morgan fingerprint density at radius 2 is 2.00 bits per heavy atom. The standard InChI is InChI=1S/C15H19BrO3/c1-2-3-11-18-14-7-4-13(5-8-14)6-9-15(17)19-12-10-16/h4-9H,2-3,10-12H2,1H3/b9-6+. The van der Waals surface area contributed by atoms with Crippen LogP contribution in [0.4, 0.5) is 0 Å². The van der Waals surface area contributed by atoms with Crippen molar-refractivity contribution >= 4 is 28.0 Å². The molecule has 4 heteroatoms. The molecule has 0 aliphatic heterocycles. The lowest BCUT2D eigenvalue weighted by atomic mass is 10.2. The van der Waals surface area contributed by atoms with Gasteiger partial charge in [0, 0.05) is 11.4 Å². The Morgan fingerprint density at radius 3 is 2.63 bits per heavy atom. The number of carbonyl (C=O) groups is 1. The van der Waals surface area contributed by atoms with E-state index in [2.05, 4.69) is 22.9 Å². The molecule has 0 unspecified atom stereocenters. The zero-order chi connectivity index (χ0) is 13.9. The van der Waals surface area contributed by atoms with Crippen LogP contribution in [0, 0.1) is 0 Å². The highest BCUT2D eigenvalue weighted by atomic mass is 79.9. The van der Waals surface area contributed by atoms with Crippen LogP contribution < -0.4 is 4.74 Å². The average molecular weight is 327 g/mol. The molecule has 0 fully saturated rings. The number of rotatable bonds is 8. The summed E-state index contributed by atoms with van der Waals surface area (Å²) in [6.45, 7) is 3.25. The molecule has 104 valence electrons. The third kappa shape index (κ3) is 7.01.